The van der Waals surface area contributed by atoms with Crippen molar-refractivity contribution in [1.29, 1.82) is 0 Å². The molecule has 7 heteroatoms. The molecular weight excluding hydrogens is 410 g/mol. The third-order valence-corrected chi connectivity index (χ3v) is 4.72. The van der Waals surface area contributed by atoms with Crippen molar-refractivity contribution in [2.45, 2.75) is 53.2 Å². The average Bonchev–Trinajstić information content (AvgIpc) is 2.74. The Bertz CT molecular complexity index is 931. The lowest BCUT2D eigenvalue weighted by Crippen LogP contribution is -2.25. The Morgan fingerprint density at radius 1 is 0.969 bits per heavy atom. The van der Waals surface area contributed by atoms with Gasteiger partial charge in [0.2, 0.25) is 5.91 Å². The van der Waals surface area contributed by atoms with Crippen LogP contribution < -0.4 is 14.4 Å². The van der Waals surface area contributed by atoms with Gasteiger partial charge in [-0.1, -0.05) is 19.1 Å². The van der Waals surface area contributed by atoms with Crippen molar-refractivity contribution >= 4 is 17.6 Å². The molecule has 32 heavy (non-hydrogen) atoms. The van der Waals surface area contributed by atoms with Gasteiger partial charge in [-0.25, -0.2) is 4.79 Å². The number of hydrogen-bond donors (Lipinski definition) is 0. The van der Waals surface area contributed by atoms with Crippen molar-refractivity contribution in [1.82, 2.24) is 0 Å². The molecule has 0 bridgehead atoms. The van der Waals surface area contributed by atoms with E-state index in [0.29, 0.717) is 29.0 Å². The first-order valence-electron chi connectivity index (χ1n) is 10.5. The largest absolute Gasteiger partial charge is 0.489 e. The smallest absolute Gasteiger partial charge is 0.342 e. The SMILES string of the molecule is CCc1ccc(COc2ccc(N(C)C(C)=O)cc2)c(C(=O)OC(C)(C)C)c1OCOC. The van der Waals surface area contributed by atoms with Gasteiger partial charge in [0.1, 0.15) is 29.3 Å². The molecule has 0 aliphatic rings. The van der Waals surface area contributed by atoms with Crippen LogP contribution in [0.1, 0.15) is 56.1 Å². The summed E-state index contributed by atoms with van der Waals surface area (Å²) in [6, 6.07) is 10.9. The number of carbonyl (C=O) groups is 2. The molecule has 0 aliphatic carbocycles. The predicted octanol–water partition coefficient (Wildman–Crippen LogP) is 4.75. The van der Waals surface area contributed by atoms with E-state index in [2.05, 4.69) is 0 Å². The van der Waals surface area contributed by atoms with E-state index in [1.165, 1.54) is 14.0 Å². The Morgan fingerprint density at radius 2 is 1.59 bits per heavy atom. The molecule has 0 radical (unpaired) electrons. The van der Waals surface area contributed by atoms with E-state index in [1.54, 1.807) is 36.2 Å². The molecule has 0 N–H and O–H groups in total. The maximum Gasteiger partial charge on any atom is 0.342 e. The summed E-state index contributed by atoms with van der Waals surface area (Å²) in [7, 11) is 3.24. The minimum absolute atomic E-state index is 0.0121. The molecule has 0 aromatic heterocycles. The van der Waals surface area contributed by atoms with E-state index in [9.17, 15) is 9.59 Å². The summed E-state index contributed by atoms with van der Waals surface area (Å²) in [5.41, 5.74) is 1.97. The van der Waals surface area contributed by atoms with Gasteiger partial charge >= 0.3 is 5.97 Å². The summed E-state index contributed by atoms with van der Waals surface area (Å²) >= 11 is 0. The molecule has 0 atom stereocenters. The maximum atomic E-state index is 13.1. The number of amides is 1. The van der Waals surface area contributed by atoms with Crippen LogP contribution in [-0.2, 0) is 27.3 Å². The van der Waals surface area contributed by atoms with Crippen LogP contribution in [0.3, 0.4) is 0 Å². The van der Waals surface area contributed by atoms with E-state index in [1.807, 2.05) is 39.8 Å². The minimum Gasteiger partial charge on any atom is -0.489 e. The molecule has 0 saturated carbocycles. The summed E-state index contributed by atoms with van der Waals surface area (Å²) in [4.78, 5) is 26.2. The van der Waals surface area contributed by atoms with Crippen molar-refractivity contribution in [2.24, 2.45) is 0 Å². The Hall–Kier alpha value is -3.06. The zero-order chi connectivity index (χ0) is 23.9. The zero-order valence-corrected chi connectivity index (χ0v) is 20.0. The van der Waals surface area contributed by atoms with Gasteiger partial charge < -0.3 is 23.8 Å². The Balaban J connectivity index is 2.35. The first-order chi connectivity index (χ1) is 15.1. The maximum absolute atomic E-state index is 13.1. The number of rotatable bonds is 9. The summed E-state index contributed by atoms with van der Waals surface area (Å²) in [6.45, 7) is 9.11. The molecule has 0 fully saturated rings. The second kappa shape index (κ2) is 11.0. The standard InChI is InChI=1S/C25H33NO6/c1-8-18-9-10-19(15-30-21-13-11-20(12-14-21)26(6)17(2)27)22(23(18)31-16-29-7)24(28)32-25(3,4)5/h9-14H,8,15-16H2,1-7H3. The van der Waals surface area contributed by atoms with E-state index in [0.717, 1.165) is 11.3 Å². The summed E-state index contributed by atoms with van der Waals surface area (Å²) in [6.07, 6.45) is 0.682. The third-order valence-electron chi connectivity index (χ3n) is 4.72. The van der Waals surface area contributed by atoms with Crippen LogP contribution in [0.25, 0.3) is 0 Å². The second-order valence-corrected chi connectivity index (χ2v) is 8.35. The quantitative estimate of drug-likeness (QED) is 0.411. The first kappa shape index (κ1) is 25.2. The molecule has 0 aliphatic heterocycles. The highest BCUT2D eigenvalue weighted by atomic mass is 16.7. The number of hydrogen-bond acceptors (Lipinski definition) is 6. The van der Waals surface area contributed by atoms with Crippen molar-refractivity contribution in [3.63, 3.8) is 0 Å². The van der Waals surface area contributed by atoms with Gasteiger partial charge in [-0.15, -0.1) is 0 Å². The van der Waals surface area contributed by atoms with Gasteiger partial charge in [0.25, 0.3) is 0 Å². The summed E-state index contributed by atoms with van der Waals surface area (Å²) < 4.78 is 22.4. The highest BCUT2D eigenvalue weighted by molar-refractivity contribution is 5.95. The summed E-state index contributed by atoms with van der Waals surface area (Å²) in [5, 5.41) is 0. The van der Waals surface area contributed by atoms with Crippen LogP contribution in [0.5, 0.6) is 11.5 Å². The average molecular weight is 444 g/mol. The fraction of sp³-hybridized carbons (Fsp3) is 0.440. The molecule has 2 rings (SSSR count). The van der Waals surface area contributed by atoms with E-state index in [4.69, 9.17) is 18.9 Å². The molecule has 174 valence electrons. The molecule has 0 heterocycles. The molecule has 2 aromatic carbocycles. The lowest BCUT2D eigenvalue weighted by Gasteiger charge is -2.23. The van der Waals surface area contributed by atoms with E-state index < -0.39 is 11.6 Å². The molecule has 1 amide bonds. The van der Waals surface area contributed by atoms with Crippen molar-refractivity contribution in [3.05, 3.63) is 53.1 Å². The highest BCUT2D eigenvalue weighted by Crippen LogP contribution is 2.31. The zero-order valence-electron chi connectivity index (χ0n) is 20.0. The molecule has 0 saturated heterocycles. The van der Waals surface area contributed by atoms with Crippen LogP contribution in [0.15, 0.2) is 36.4 Å². The van der Waals surface area contributed by atoms with Gasteiger partial charge in [-0.05, 0) is 57.0 Å². The lowest BCUT2D eigenvalue weighted by molar-refractivity contribution is -0.116. The molecule has 2 aromatic rings. The van der Waals surface area contributed by atoms with Gasteiger partial charge in [-0.2, -0.15) is 0 Å². The lowest BCUT2D eigenvalue weighted by atomic mass is 10.0. The van der Waals surface area contributed by atoms with E-state index in [-0.39, 0.29) is 19.3 Å². The Labute approximate surface area is 190 Å². The monoisotopic (exact) mass is 443 g/mol. The molecular formula is C25H33NO6. The number of esters is 1. The second-order valence-electron chi connectivity index (χ2n) is 8.35. The third kappa shape index (κ3) is 6.72. The van der Waals surface area contributed by atoms with Crippen molar-refractivity contribution in [3.8, 4) is 11.5 Å². The first-order valence-corrected chi connectivity index (χ1v) is 10.5. The van der Waals surface area contributed by atoms with Gasteiger partial charge in [0.05, 0.1) is 0 Å². The normalized spacial score (nSPS) is 11.1. The molecule has 0 spiro atoms. The van der Waals surface area contributed by atoms with Crippen LogP contribution in [0, 0.1) is 0 Å². The number of anilines is 1. The van der Waals surface area contributed by atoms with Crippen LogP contribution in [0.2, 0.25) is 0 Å². The van der Waals surface area contributed by atoms with E-state index >= 15 is 0 Å². The van der Waals surface area contributed by atoms with Crippen molar-refractivity contribution < 1.29 is 28.5 Å². The number of carbonyl (C=O) groups excluding carboxylic acids is 2. The minimum atomic E-state index is -0.658. The summed E-state index contributed by atoms with van der Waals surface area (Å²) in [5.74, 6) is 0.527. The fourth-order valence-corrected chi connectivity index (χ4v) is 3.01. The van der Waals surface area contributed by atoms with Crippen LogP contribution in [0.4, 0.5) is 5.69 Å². The number of ether oxygens (including phenoxy) is 4. The predicted molar refractivity (Wildman–Crippen MR) is 123 cm³/mol. The van der Waals surface area contributed by atoms with Gasteiger partial charge in [0, 0.05) is 32.3 Å². The highest BCUT2D eigenvalue weighted by Gasteiger charge is 2.26. The van der Waals surface area contributed by atoms with Crippen molar-refractivity contribution in [2.75, 3.05) is 25.9 Å². The number of nitrogens with zero attached hydrogens (tertiary/aromatic N) is 1. The Morgan fingerprint density at radius 3 is 2.12 bits per heavy atom. The molecule has 7 nitrogen and oxygen atoms in total. The Kier molecular flexibility index (Phi) is 8.66. The van der Waals surface area contributed by atoms with Gasteiger partial charge in [0.15, 0.2) is 6.79 Å². The van der Waals surface area contributed by atoms with Crippen LogP contribution in [-0.4, -0.2) is 38.4 Å². The number of benzene rings is 2. The fourth-order valence-electron chi connectivity index (χ4n) is 3.01. The van der Waals surface area contributed by atoms with Gasteiger partial charge in [-0.3, -0.25) is 4.79 Å². The molecule has 0 unspecified atom stereocenters. The number of aryl methyl sites for hydroxylation is 1. The number of methoxy groups -OCH3 is 1. The van der Waals surface area contributed by atoms with Crippen LogP contribution >= 0.6 is 0 Å². The topological polar surface area (TPSA) is 74.3 Å².